The van der Waals surface area contributed by atoms with Gasteiger partial charge in [0.05, 0.1) is 28.8 Å². The van der Waals surface area contributed by atoms with E-state index in [0.717, 1.165) is 21.9 Å². The van der Waals surface area contributed by atoms with Crippen molar-refractivity contribution < 1.29 is 0 Å². The first-order chi connectivity index (χ1) is 9.26. The molecule has 0 radical (unpaired) electrons. The van der Waals surface area contributed by atoms with Crippen LogP contribution in [0.4, 0.5) is 11.8 Å². The summed E-state index contributed by atoms with van der Waals surface area (Å²) in [7, 11) is 1.78. The average molecular weight is 275 g/mol. The van der Waals surface area contributed by atoms with Crippen molar-refractivity contribution in [2.24, 2.45) is 0 Å². The normalized spacial score (nSPS) is 10.8. The van der Waals surface area contributed by atoms with Crippen LogP contribution in [-0.4, -0.2) is 32.2 Å². The highest BCUT2D eigenvalue weighted by atomic mass is 32.1. The molecule has 8 heteroatoms. The van der Waals surface area contributed by atoms with Gasteiger partial charge in [0, 0.05) is 12.4 Å². The fourth-order valence-corrected chi connectivity index (χ4v) is 2.36. The second-order valence-corrected chi connectivity index (χ2v) is 5.05. The summed E-state index contributed by atoms with van der Waals surface area (Å²) < 4.78 is 0. The molecular weight excluding hydrogens is 262 g/mol. The van der Waals surface area contributed by atoms with Crippen LogP contribution in [0.2, 0.25) is 0 Å². The van der Waals surface area contributed by atoms with Crippen molar-refractivity contribution in [3.8, 4) is 0 Å². The lowest BCUT2D eigenvalue weighted by atomic mass is 10.4. The van der Waals surface area contributed by atoms with Gasteiger partial charge in [-0.25, -0.2) is 4.98 Å². The number of nitrogens with one attached hydrogen (secondary N) is 3. The summed E-state index contributed by atoms with van der Waals surface area (Å²) in [6.45, 7) is 2.62. The number of nitrogens with zero attached hydrogens (tertiary/aromatic N) is 4. The highest BCUT2D eigenvalue weighted by Crippen LogP contribution is 2.20. The summed E-state index contributed by atoms with van der Waals surface area (Å²) in [6.07, 6.45) is 1.71. The van der Waals surface area contributed by atoms with Gasteiger partial charge in [-0.1, -0.05) is 0 Å². The maximum atomic E-state index is 4.41. The largest absolute Gasteiger partial charge is 0.364 e. The Balaban J connectivity index is 1.88. The molecule has 98 valence electrons. The van der Waals surface area contributed by atoms with Crippen molar-refractivity contribution in [1.82, 2.24) is 25.1 Å². The zero-order valence-electron chi connectivity index (χ0n) is 10.6. The van der Waals surface area contributed by atoms with Crippen LogP contribution in [0, 0.1) is 6.92 Å². The van der Waals surface area contributed by atoms with Crippen LogP contribution in [0.25, 0.3) is 11.0 Å². The Morgan fingerprint density at radius 2 is 2.21 bits per heavy atom. The van der Waals surface area contributed by atoms with E-state index in [1.54, 1.807) is 24.6 Å². The minimum atomic E-state index is 0.550. The van der Waals surface area contributed by atoms with Crippen molar-refractivity contribution in [2.45, 2.75) is 13.5 Å². The number of aryl methyl sites for hydroxylation is 1. The predicted molar refractivity (Wildman–Crippen MR) is 75.4 cm³/mol. The van der Waals surface area contributed by atoms with E-state index in [2.05, 4.69) is 35.8 Å². The van der Waals surface area contributed by atoms with Gasteiger partial charge in [0.25, 0.3) is 0 Å². The fourth-order valence-electron chi connectivity index (χ4n) is 1.75. The number of hydrogen-bond acceptors (Lipinski definition) is 7. The quantitative estimate of drug-likeness (QED) is 0.672. The summed E-state index contributed by atoms with van der Waals surface area (Å²) >= 11 is 1.64. The van der Waals surface area contributed by atoms with Crippen molar-refractivity contribution in [2.75, 3.05) is 17.7 Å². The van der Waals surface area contributed by atoms with Gasteiger partial charge < -0.3 is 10.6 Å². The first kappa shape index (κ1) is 11.8. The SMILES string of the molecule is CNc1nc(NCc2csc(C)n2)c2cn[nH]c2n1. The lowest BCUT2D eigenvalue weighted by Gasteiger charge is -2.06. The van der Waals surface area contributed by atoms with Crippen LogP contribution in [-0.2, 0) is 6.54 Å². The molecule has 3 aromatic heterocycles. The Labute approximate surface area is 113 Å². The van der Waals surface area contributed by atoms with Gasteiger partial charge in [-0.2, -0.15) is 15.1 Å². The van der Waals surface area contributed by atoms with Crippen molar-refractivity contribution in [3.63, 3.8) is 0 Å². The lowest BCUT2D eigenvalue weighted by molar-refractivity contribution is 1.03. The Kier molecular flexibility index (Phi) is 3.00. The number of aromatic nitrogens is 5. The highest BCUT2D eigenvalue weighted by molar-refractivity contribution is 7.09. The highest BCUT2D eigenvalue weighted by Gasteiger charge is 2.09. The van der Waals surface area contributed by atoms with Gasteiger partial charge in [-0.3, -0.25) is 5.10 Å². The Morgan fingerprint density at radius 1 is 1.32 bits per heavy atom. The van der Waals surface area contributed by atoms with Crippen LogP contribution in [0.15, 0.2) is 11.6 Å². The summed E-state index contributed by atoms with van der Waals surface area (Å²) in [5.74, 6) is 1.29. The molecule has 0 aromatic carbocycles. The van der Waals surface area contributed by atoms with Gasteiger partial charge in [0.1, 0.15) is 5.82 Å². The van der Waals surface area contributed by atoms with Crippen LogP contribution in [0.3, 0.4) is 0 Å². The standard InChI is InChI=1S/C11H13N7S/c1-6-15-7(5-19-6)3-13-9-8-4-14-18-10(8)17-11(12-2)16-9/h4-5H,3H2,1-2H3,(H3,12,13,14,16,17,18). The number of H-pyrrole nitrogens is 1. The lowest BCUT2D eigenvalue weighted by Crippen LogP contribution is -2.05. The second-order valence-electron chi connectivity index (χ2n) is 3.99. The first-order valence-electron chi connectivity index (χ1n) is 5.80. The van der Waals surface area contributed by atoms with Crippen LogP contribution in [0.5, 0.6) is 0 Å². The number of anilines is 2. The molecule has 7 nitrogen and oxygen atoms in total. The molecule has 0 aliphatic carbocycles. The summed E-state index contributed by atoms with van der Waals surface area (Å²) in [4.78, 5) is 13.1. The Hall–Kier alpha value is -2.22. The Bertz CT molecular complexity index is 702. The number of fused-ring (bicyclic) bond motifs is 1. The molecule has 0 aliphatic heterocycles. The zero-order valence-corrected chi connectivity index (χ0v) is 11.4. The average Bonchev–Trinajstić information content (AvgIpc) is 3.04. The maximum Gasteiger partial charge on any atom is 0.226 e. The molecule has 3 heterocycles. The molecular formula is C11H13N7S. The molecule has 0 unspecified atom stereocenters. The van der Waals surface area contributed by atoms with Gasteiger partial charge in [-0.15, -0.1) is 11.3 Å². The zero-order chi connectivity index (χ0) is 13.2. The molecule has 0 saturated heterocycles. The van der Waals surface area contributed by atoms with Gasteiger partial charge in [0.2, 0.25) is 5.95 Å². The molecule has 0 aliphatic rings. The van der Waals surface area contributed by atoms with Crippen molar-refractivity contribution >= 4 is 34.1 Å². The Morgan fingerprint density at radius 3 is 2.95 bits per heavy atom. The minimum Gasteiger partial charge on any atom is -0.364 e. The summed E-state index contributed by atoms with van der Waals surface area (Å²) in [5, 5.41) is 17.0. The number of hydrogen-bond donors (Lipinski definition) is 3. The molecule has 0 atom stereocenters. The maximum absolute atomic E-state index is 4.41. The van der Waals surface area contributed by atoms with Crippen molar-refractivity contribution in [3.05, 3.63) is 22.3 Å². The number of aromatic amines is 1. The second kappa shape index (κ2) is 4.81. The van der Waals surface area contributed by atoms with E-state index >= 15 is 0 Å². The molecule has 0 bridgehead atoms. The van der Waals surface area contributed by atoms with E-state index in [4.69, 9.17) is 0 Å². The van der Waals surface area contributed by atoms with E-state index < -0.39 is 0 Å². The van der Waals surface area contributed by atoms with Crippen LogP contribution in [0.1, 0.15) is 10.7 Å². The van der Waals surface area contributed by atoms with Crippen LogP contribution >= 0.6 is 11.3 Å². The molecule has 3 rings (SSSR count). The molecule has 0 saturated carbocycles. The third kappa shape index (κ3) is 2.34. The molecule has 3 aromatic rings. The van der Waals surface area contributed by atoms with E-state index in [1.165, 1.54) is 0 Å². The number of rotatable bonds is 4. The van der Waals surface area contributed by atoms with Gasteiger partial charge >= 0.3 is 0 Å². The summed E-state index contributed by atoms with van der Waals surface area (Å²) in [6, 6.07) is 0. The predicted octanol–water partition coefficient (Wildman–Crippen LogP) is 1.77. The topological polar surface area (TPSA) is 91.4 Å². The third-order valence-corrected chi connectivity index (χ3v) is 3.46. The molecule has 0 spiro atoms. The third-order valence-electron chi connectivity index (χ3n) is 2.64. The van der Waals surface area contributed by atoms with E-state index in [1.807, 2.05) is 12.3 Å². The molecule has 0 amide bonds. The molecule has 3 N–H and O–H groups in total. The molecule has 19 heavy (non-hydrogen) atoms. The monoisotopic (exact) mass is 275 g/mol. The van der Waals surface area contributed by atoms with E-state index in [-0.39, 0.29) is 0 Å². The number of thiazole rings is 1. The van der Waals surface area contributed by atoms with Crippen LogP contribution < -0.4 is 10.6 Å². The van der Waals surface area contributed by atoms with Gasteiger partial charge in [0.15, 0.2) is 5.65 Å². The van der Waals surface area contributed by atoms with E-state index in [9.17, 15) is 0 Å². The molecule has 0 fully saturated rings. The van der Waals surface area contributed by atoms with E-state index in [0.29, 0.717) is 18.1 Å². The smallest absolute Gasteiger partial charge is 0.226 e. The first-order valence-corrected chi connectivity index (χ1v) is 6.68. The van der Waals surface area contributed by atoms with Crippen molar-refractivity contribution in [1.29, 1.82) is 0 Å². The van der Waals surface area contributed by atoms with Gasteiger partial charge in [-0.05, 0) is 6.92 Å². The fraction of sp³-hybridized carbons (Fsp3) is 0.273. The summed E-state index contributed by atoms with van der Waals surface area (Å²) in [5.41, 5.74) is 1.71. The minimum absolute atomic E-state index is 0.550.